The van der Waals surface area contributed by atoms with Crippen molar-refractivity contribution in [2.75, 3.05) is 45.4 Å². The fraction of sp³-hybridized carbons (Fsp3) is 0.611. The van der Waals surface area contributed by atoms with Gasteiger partial charge in [-0.15, -0.1) is 0 Å². The molecular formula is C18H29N3O4S. The summed E-state index contributed by atoms with van der Waals surface area (Å²) in [6, 6.07) is 6.11. The lowest BCUT2D eigenvalue weighted by atomic mass is 10.1. The molecular weight excluding hydrogens is 354 g/mol. The summed E-state index contributed by atoms with van der Waals surface area (Å²) in [5.41, 5.74) is 2.17. The normalized spacial score (nSPS) is 18.0. The first kappa shape index (κ1) is 20.5. The molecule has 1 aromatic carbocycles. The lowest BCUT2D eigenvalue weighted by molar-refractivity contribution is 0.166. The number of rotatable bonds is 8. The van der Waals surface area contributed by atoms with Crippen molar-refractivity contribution >= 4 is 15.8 Å². The molecule has 0 spiro atoms. The molecule has 146 valence electrons. The zero-order chi connectivity index (χ0) is 19.0. The van der Waals surface area contributed by atoms with E-state index in [1.54, 1.807) is 7.05 Å². The van der Waals surface area contributed by atoms with Gasteiger partial charge in [-0.3, -0.25) is 4.99 Å². The van der Waals surface area contributed by atoms with Crippen molar-refractivity contribution in [3.05, 3.63) is 29.3 Å². The molecule has 1 heterocycles. The fourth-order valence-corrected chi connectivity index (χ4v) is 3.09. The number of hydrogen-bond acceptors (Lipinski definition) is 5. The van der Waals surface area contributed by atoms with Gasteiger partial charge in [0.15, 0.2) is 5.96 Å². The molecule has 1 aliphatic rings. The Morgan fingerprint density at radius 3 is 2.85 bits per heavy atom. The summed E-state index contributed by atoms with van der Waals surface area (Å²) in [6.07, 6.45) is 2.26. The Morgan fingerprint density at radius 1 is 1.38 bits per heavy atom. The average Bonchev–Trinajstić information content (AvgIpc) is 3.09. The summed E-state index contributed by atoms with van der Waals surface area (Å²) in [4.78, 5) is 4.12. The van der Waals surface area contributed by atoms with Crippen molar-refractivity contribution in [1.82, 2.24) is 10.6 Å². The van der Waals surface area contributed by atoms with Gasteiger partial charge in [0.25, 0.3) is 0 Å². The minimum atomic E-state index is -3.00. The van der Waals surface area contributed by atoms with E-state index in [-0.39, 0.29) is 5.75 Å². The molecule has 1 saturated heterocycles. The number of aryl methyl sites for hydroxylation is 1. The first-order valence-electron chi connectivity index (χ1n) is 8.79. The average molecular weight is 384 g/mol. The van der Waals surface area contributed by atoms with Crippen LogP contribution < -0.4 is 15.4 Å². The van der Waals surface area contributed by atoms with Crippen molar-refractivity contribution in [2.24, 2.45) is 10.9 Å². The van der Waals surface area contributed by atoms with E-state index in [2.05, 4.69) is 15.6 Å². The van der Waals surface area contributed by atoms with Crippen LogP contribution in [-0.4, -0.2) is 59.8 Å². The molecule has 8 heteroatoms. The van der Waals surface area contributed by atoms with E-state index in [4.69, 9.17) is 9.47 Å². The highest BCUT2D eigenvalue weighted by molar-refractivity contribution is 7.90. The van der Waals surface area contributed by atoms with Gasteiger partial charge in [0, 0.05) is 44.5 Å². The number of benzene rings is 1. The van der Waals surface area contributed by atoms with E-state index in [0.29, 0.717) is 31.6 Å². The largest absolute Gasteiger partial charge is 0.493 e. The molecule has 2 rings (SSSR count). The first-order chi connectivity index (χ1) is 12.4. The van der Waals surface area contributed by atoms with Crippen LogP contribution >= 0.6 is 0 Å². The minimum absolute atomic E-state index is 0.0655. The van der Waals surface area contributed by atoms with Crippen LogP contribution in [0.3, 0.4) is 0 Å². The van der Waals surface area contributed by atoms with Gasteiger partial charge in [-0.2, -0.15) is 0 Å². The third-order valence-corrected chi connectivity index (χ3v) is 5.10. The van der Waals surface area contributed by atoms with Crippen LogP contribution in [0, 0.1) is 12.8 Å². The maximum atomic E-state index is 11.2. The summed E-state index contributed by atoms with van der Waals surface area (Å²) in [5.74, 6) is 1.93. The molecule has 0 aliphatic carbocycles. The SMILES string of the molecule is CN=C(NCCS(C)(=O)=O)NCc1ccc(C)cc1OCC1CCOC1. The van der Waals surface area contributed by atoms with E-state index in [1.165, 1.54) is 6.26 Å². The first-order valence-corrected chi connectivity index (χ1v) is 10.9. The summed E-state index contributed by atoms with van der Waals surface area (Å²) in [7, 11) is -1.34. The molecule has 0 radical (unpaired) electrons. The van der Waals surface area contributed by atoms with Crippen molar-refractivity contribution < 1.29 is 17.9 Å². The predicted octanol–water partition coefficient (Wildman–Crippen LogP) is 1.12. The molecule has 26 heavy (non-hydrogen) atoms. The molecule has 1 aromatic rings. The maximum absolute atomic E-state index is 11.2. The number of nitrogens with one attached hydrogen (secondary N) is 2. The van der Waals surface area contributed by atoms with Crippen LogP contribution in [0.1, 0.15) is 17.5 Å². The third kappa shape index (κ3) is 7.21. The second-order valence-electron chi connectivity index (χ2n) is 6.63. The maximum Gasteiger partial charge on any atom is 0.191 e. The number of guanidine groups is 1. The Bertz CT molecular complexity index is 713. The Kier molecular flexibility index (Phi) is 7.71. The molecule has 1 fully saturated rings. The lowest BCUT2D eigenvalue weighted by Crippen LogP contribution is -2.39. The van der Waals surface area contributed by atoms with Gasteiger partial charge in [0.1, 0.15) is 15.6 Å². The fourth-order valence-electron chi connectivity index (χ4n) is 2.62. The Labute approximate surface area is 156 Å². The molecule has 7 nitrogen and oxygen atoms in total. The zero-order valence-corrected chi connectivity index (χ0v) is 16.6. The van der Waals surface area contributed by atoms with Gasteiger partial charge in [0.05, 0.1) is 19.0 Å². The Balaban J connectivity index is 1.90. The van der Waals surface area contributed by atoms with Gasteiger partial charge >= 0.3 is 0 Å². The number of sulfone groups is 1. The summed E-state index contributed by atoms with van der Waals surface area (Å²) < 4.78 is 33.9. The van der Waals surface area contributed by atoms with Crippen LogP contribution in [0.2, 0.25) is 0 Å². The standard InChI is InChI=1S/C18H29N3O4S/c1-14-4-5-16(17(10-14)25-13-15-6-8-24-12-15)11-21-18(19-2)20-7-9-26(3,22)23/h4-5,10,15H,6-9,11-13H2,1-3H3,(H2,19,20,21). The van der Waals surface area contributed by atoms with Crippen LogP contribution in [0.15, 0.2) is 23.2 Å². The minimum Gasteiger partial charge on any atom is -0.493 e. The van der Waals surface area contributed by atoms with Crippen LogP contribution in [-0.2, 0) is 21.1 Å². The van der Waals surface area contributed by atoms with E-state index >= 15 is 0 Å². The van der Waals surface area contributed by atoms with Gasteiger partial charge < -0.3 is 20.1 Å². The highest BCUT2D eigenvalue weighted by Crippen LogP contribution is 2.22. The molecule has 1 unspecified atom stereocenters. The second kappa shape index (κ2) is 9.78. The molecule has 1 aliphatic heterocycles. The number of nitrogens with zero attached hydrogens (tertiary/aromatic N) is 1. The lowest BCUT2D eigenvalue weighted by Gasteiger charge is -2.17. The Hall–Kier alpha value is -1.80. The highest BCUT2D eigenvalue weighted by Gasteiger charge is 2.17. The summed E-state index contributed by atoms with van der Waals surface area (Å²) in [5, 5.41) is 6.21. The third-order valence-electron chi connectivity index (χ3n) is 4.16. The Morgan fingerprint density at radius 2 is 2.19 bits per heavy atom. The van der Waals surface area contributed by atoms with Crippen molar-refractivity contribution in [2.45, 2.75) is 19.9 Å². The number of ether oxygens (including phenoxy) is 2. The number of aliphatic imine (C=N–C) groups is 1. The topological polar surface area (TPSA) is 89.0 Å². The molecule has 1 atom stereocenters. The predicted molar refractivity (Wildman–Crippen MR) is 104 cm³/mol. The smallest absolute Gasteiger partial charge is 0.191 e. The van der Waals surface area contributed by atoms with Gasteiger partial charge in [-0.05, 0) is 25.0 Å². The van der Waals surface area contributed by atoms with Gasteiger partial charge in [-0.1, -0.05) is 12.1 Å². The molecule has 2 N–H and O–H groups in total. The monoisotopic (exact) mass is 383 g/mol. The summed E-state index contributed by atoms with van der Waals surface area (Å²) >= 11 is 0. The van der Waals surface area contributed by atoms with Crippen LogP contribution in [0.4, 0.5) is 0 Å². The van der Waals surface area contributed by atoms with E-state index in [0.717, 1.165) is 36.5 Å². The van der Waals surface area contributed by atoms with Gasteiger partial charge in [0.2, 0.25) is 0 Å². The van der Waals surface area contributed by atoms with E-state index in [1.807, 2.05) is 25.1 Å². The van der Waals surface area contributed by atoms with Crippen molar-refractivity contribution in [3.8, 4) is 5.75 Å². The number of hydrogen-bond donors (Lipinski definition) is 2. The molecule has 0 saturated carbocycles. The quantitative estimate of drug-likeness (QED) is 0.517. The molecule has 0 bridgehead atoms. The highest BCUT2D eigenvalue weighted by atomic mass is 32.2. The van der Waals surface area contributed by atoms with Crippen LogP contribution in [0.25, 0.3) is 0 Å². The van der Waals surface area contributed by atoms with E-state index in [9.17, 15) is 8.42 Å². The zero-order valence-electron chi connectivity index (χ0n) is 15.7. The molecule has 0 aromatic heterocycles. The van der Waals surface area contributed by atoms with Gasteiger partial charge in [-0.25, -0.2) is 8.42 Å². The van der Waals surface area contributed by atoms with Crippen molar-refractivity contribution in [1.29, 1.82) is 0 Å². The summed E-state index contributed by atoms with van der Waals surface area (Å²) in [6.45, 7) is 5.11. The van der Waals surface area contributed by atoms with E-state index < -0.39 is 9.84 Å². The second-order valence-corrected chi connectivity index (χ2v) is 8.89. The van der Waals surface area contributed by atoms with Crippen LogP contribution in [0.5, 0.6) is 5.75 Å². The molecule has 0 amide bonds. The van der Waals surface area contributed by atoms with Crippen molar-refractivity contribution in [3.63, 3.8) is 0 Å².